The van der Waals surface area contributed by atoms with Crippen molar-refractivity contribution in [1.29, 1.82) is 0 Å². The maximum atomic E-state index is 3.74. The fourth-order valence-electron chi connectivity index (χ4n) is 0.519. The van der Waals surface area contributed by atoms with E-state index in [0.717, 1.165) is 5.70 Å². The third-order valence-electron chi connectivity index (χ3n) is 1.24. The predicted molar refractivity (Wildman–Crippen MR) is 49.5 cm³/mol. The van der Waals surface area contributed by atoms with E-state index < -0.39 is 0 Å². The quantitative estimate of drug-likeness (QED) is 0.446. The molecule has 0 N–H and O–H groups in total. The average Bonchev–Trinajstić information content (AvgIpc) is 2.05. The molecule has 0 bridgehead atoms. The molecule has 60 valence electrons. The van der Waals surface area contributed by atoms with E-state index in [0.29, 0.717) is 0 Å². The standard InChI is InChI=1S/C8H13N3/c1-5-8(2)11(10-4)7-6-9-3/h5-7H,3-4H2,1-2H3/b7-6-,8-5-. The lowest BCUT2D eigenvalue weighted by atomic mass is 10.4. The van der Waals surface area contributed by atoms with E-state index >= 15 is 0 Å². The normalized spacial score (nSPS) is 11.6. The van der Waals surface area contributed by atoms with Crippen molar-refractivity contribution in [3.05, 3.63) is 24.2 Å². The minimum absolute atomic E-state index is 1.000. The molecule has 0 spiro atoms. The first kappa shape index (κ1) is 9.62. The van der Waals surface area contributed by atoms with E-state index in [2.05, 4.69) is 23.5 Å². The highest BCUT2D eigenvalue weighted by atomic mass is 15.4. The van der Waals surface area contributed by atoms with Gasteiger partial charge in [-0.15, -0.1) is 0 Å². The third kappa shape index (κ3) is 3.35. The molecule has 0 heterocycles. The maximum Gasteiger partial charge on any atom is 0.0469 e. The number of allylic oxidation sites excluding steroid dienone is 2. The molecule has 0 aliphatic heterocycles. The Balaban J connectivity index is 4.28. The molecule has 0 aliphatic rings. The molecule has 3 nitrogen and oxygen atoms in total. The Morgan fingerprint density at radius 1 is 1.45 bits per heavy atom. The van der Waals surface area contributed by atoms with E-state index in [-0.39, 0.29) is 0 Å². The van der Waals surface area contributed by atoms with Crippen molar-refractivity contribution in [1.82, 2.24) is 5.01 Å². The minimum Gasteiger partial charge on any atom is -0.271 e. The molecule has 0 aliphatic carbocycles. The molecule has 0 unspecified atom stereocenters. The Bertz CT molecular complexity index is 192. The third-order valence-corrected chi connectivity index (χ3v) is 1.24. The SMILES string of the molecule is C=N/C=C\N(N=C)/C(C)=C\C. The van der Waals surface area contributed by atoms with Crippen LogP contribution < -0.4 is 0 Å². The van der Waals surface area contributed by atoms with Crippen LogP contribution in [0.3, 0.4) is 0 Å². The summed E-state index contributed by atoms with van der Waals surface area (Å²) in [4.78, 5) is 3.55. The van der Waals surface area contributed by atoms with Crippen LogP contribution in [0.25, 0.3) is 0 Å². The second kappa shape index (κ2) is 5.41. The highest BCUT2D eigenvalue weighted by Crippen LogP contribution is 2.03. The Hall–Kier alpha value is -1.38. The minimum atomic E-state index is 1.000. The largest absolute Gasteiger partial charge is 0.271 e. The number of aliphatic imine (C=N–C) groups is 1. The highest BCUT2D eigenvalue weighted by Gasteiger charge is 1.93. The summed E-state index contributed by atoms with van der Waals surface area (Å²) >= 11 is 0. The van der Waals surface area contributed by atoms with Gasteiger partial charge in [-0.1, -0.05) is 6.08 Å². The van der Waals surface area contributed by atoms with Crippen molar-refractivity contribution in [2.45, 2.75) is 13.8 Å². The molecule has 0 aromatic heterocycles. The summed E-state index contributed by atoms with van der Waals surface area (Å²) in [5.41, 5.74) is 1.000. The monoisotopic (exact) mass is 151 g/mol. The summed E-state index contributed by atoms with van der Waals surface area (Å²) in [6.45, 7) is 10.6. The van der Waals surface area contributed by atoms with Crippen molar-refractivity contribution in [3.8, 4) is 0 Å². The second-order valence-corrected chi connectivity index (χ2v) is 1.90. The van der Waals surface area contributed by atoms with Crippen molar-refractivity contribution in [2.24, 2.45) is 10.1 Å². The molecule has 0 atom stereocenters. The van der Waals surface area contributed by atoms with Crippen molar-refractivity contribution in [2.75, 3.05) is 0 Å². The van der Waals surface area contributed by atoms with Crippen LogP contribution in [-0.4, -0.2) is 18.4 Å². The fraction of sp³-hybridized carbons (Fsp3) is 0.250. The number of rotatable bonds is 4. The smallest absolute Gasteiger partial charge is 0.0469 e. The van der Waals surface area contributed by atoms with Crippen molar-refractivity contribution >= 4 is 13.4 Å². The summed E-state index contributed by atoms with van der Waals surface area (Å²) in [5.74, 6) is 0. The predicted octanol–water partition coefficient (Wildman–Crippen LogP) is 2.00. The Morgan fingerprint density at radius 3 is 2.45 bits per heavy atom. The molecule has 0 fully saturated rings. The van der Waals surface area contributed by atoms with E-state index in [9.17, 15) is 0 Å². The fourth-order valence-corrected chi connectivity index (χ4v) is 0.519. The van der Waals surface area contributed by atoms with Gasteiger partial charge < -0.3 is 0 Å². The van der Waals surface area contributed by atoms with Crippen LogP contribution in [0.1, 0.15) is 13.8 Å². The zero-order chi connectivity index (χ0) is 8.69. The van der Waals surface area contributed by atoms with E-state index in [1.807, 2.05) is 19.9 Å². The van der Waals surface area contributed by atoms with Gasteiger partial charge >= 0.3 is 0 Å². The van der Waals surface area contributed by atoms with Crippen LogP contribution in [0.2, 0.25) is 0 Å². The van der Waals surface area contributed by atoms with Gasteiger partial charge in [-0.05, 0) is 20.6 Å². The Kier molecular flexibility index (Phi) is 4.73. The van der Waals surface area contributed by atoms with E-state index in [4.69, 9.17) is 0 Å². The van der Waals surface area contributed by atoms with Gasteiger partial charge in [0.15, 0.2) is 0 Å². The van der Waals surface area contributed by atoms with Crippen LogP contribution in [0.5, 0.6) is 0 Å². The number of hydrogen-bond acceptors (Lipinski definition) is 3. The topological polar surface area (TPSA) is 28.0 Å². The molecule has 3 heteroatoms. The summed E-state index contributed by atoms with van der Waals surface area (Å²) in [5, 5.41) is 5.36. The molecule has 0 amide bonds. The Morgan fingerprint density at radius 2 is 2.09 bits per heavy atom. The van der Waals surface area contributed by atoms with Gasteiger partial charge in [0.2, 0.25) is 0 Å². The number of hydrogen-bond donors (Lipinski definition) is 0. The first-order valence-electron chi connectivity index (χ1n) is 3.27. The van der Waals surface area contributed by atoms with Crippen LogP contribution in [0, 0.1) is 0 Å². The van der Waals surface area contributed by atoms with Gasteiger partial charge in [-0.3, -0.25) is 4.99 Å². The lowest BCUT2D eigenvalue weighted by molar-refractivity contribution is 0.501. The van der Waals surface area contributed by atoms with E-state index in [1.54, 1.807) is 17.4 Å². The van der Waals surface area contributed by atoms with Gasteiger partial charge in [0.25, 0.3) is 0 Å². The van der Waals surface area contributed by atoms with Crippen LogP contribution in [0.15, 0.2) is 34.3 Å². The zero-order valence-corrected chi connectivity index (χ0v) is 6.99. The average molecular weight is 151 g/mol. The second-order valence-electron chi connectivity index (χ2n) is 1.90. The van der Waals surface area contributed by atoms with Gasteiger partial charge in [-0.25, -0.2) is 5.01 Å². The van der Waals surface area contributed by atoms with Crippen LogP contribution >= 0.6 is 0 Å². The summed E-state index contributed by atoms with van der Waals surface area (Å²) in [6.07, 6.45) is 5.18. The van der Waals surface area contributed by atoms with Crippen molar-refractivity contribution < 1.29 is 0 Å². The lowest BCUT2D eigenvalue weighted by Crippen LogP contribution is -2.04. The van der Waals surface area contributed by atoms with Crippen LogP contribution in [-0.2, 0) is 0 Å². The molecular weight excluding hydrogens is 138 g/mol. The molecule has 0 saturated heterocycles. The van der Waals surface area contributed by atoms with Gasteiger partial charge in [-0.2, -0.15) is 5.10 Å². The molecule has 0 saturated carbocycles. The first-order valence-corrected chi connectivity index (χ1v) is 3.27. The van der Waals surface area contributed by atoms with Gasteiger partial charge in [0.05, 0.1) is 0 Å². The zero-order valence-electron chi connectivity index (χ0n) is 6.99. The first-order chi connectivity index (χ1) is 5.26. The number of hydrazone groups is 1. The van der Waals surface area contributed by atoms with Gasteiger partial charge in [0.1, 0.15) is 0 Å². The highest BCUT2D eigenvalue weighted by molar-refractivity contribution is 5.26. The molecule has 0 rings (SSSR count). The van der Waals surface area contributed by atoms with Gasteiger partial charge in [0, 0.05) is 24.8 Å². The molecule has 11 heavy (non-hydrogen) atoms. The van der Waals surface area contributed by atoms with E-state index in [1.165, 1.54) is 0 Å². The molecule has 0 aromatic rings. The summed E-state index contributed by atoms with van der Waals surface area (Å²) in [7, 11) is 0. The van der Waals surface area contributed by atoms with Crippen LogP contribution in [0.4, 0.5) is 0 Å². The van der Waals surface area contributed by atoms with Crippen molar-refractivity contribution in [3.63, 3.8) is 0 Å². The Labute approximate surface area is 67.4 Å². The lowest BCUT2D eigenvalue weighted by Gasteiger charge is -2.12. The summed E-state index contributed by atoms with van der Waals surface area (Å²) in [6, 6.07) is 0. The molecule has 0 aromatic carbocycles. The molecule has 0 radical (unpaired) electrons. The maximum absolute atomic E-state index is 3.74. The summed E-state index contributed by atoms with van der Waals surface area (Å²) < 4.78 is 0. The number of nitrogens with zero attached hydrogens (tertiary/aromatic N) is 3. The molecular formula is C8H13N3.